The number of aliphatic hydroxyl groups excluding tert-OH is 1. The first-order valence-electron chi connectivity index (χ1n) is 18.1. The maximum atomic E-state index is 13.9. The molecule has 5 rings (SSSR count). The lowest BCUT2D eigenvalue weighted by Gasteiger charge is -2.33. The molecule has 0 spiro atoms. The van der Waals surface area contributed by atoms with E-state index in [1.807, 2.05) is 84.0 Å². The second-order valence-corrected chi connectivity index (χ2v) is 15.6. The summed E-state index contributed by atoms with van der Waals surface area (Å²) in [6.07, 6.45) is 1.91. The summed E-state index contributed by atoms with van der Waals surface area (Å²) in [6, 6.07) is 15.8. The minimum absolute atomic E-state index is 0.0369. The first-order chi connectivity index (χ1) is 25.0. The number of anilines is 1. The highest BCUT2D eigenvalue weighted by atomic mass is 35.5. The van der Waals surface area contributed by atoms with Crippen LogP contribution < -0.4 is 27.0 Å². The van der Waals surface area contributed by atoms with Gasteiger partial charge in [-0.15, -0.1) is 0 Å². The molecule has 1 saturated carbocycles. The average Bonchev–Trinajstić information content (AvgIpc) is 3.47. The number of hydrogen-bond donors (Lipinski definition) is 6. The van der Waals surface area contributed by atoms with Crippen molar-refractivity contribution in [2.45, 2.75) is 97.6 Å². The van der Waals surface area contributed by atoms with Crippen molar-refractivity contribution in [3.05, 3.63) is 86.9 Å². The van der Waals surface area contributed by atoms with Crippen LogP contribution in [0.1, 0.15) is 81.8 Å². The molecule has 0 saturated heterocycles. The van der Waals surface area contributed by atoms with Gasteiger partial charge in [0.15, 0.2) is 5.58 Å². The van der Waals surface area contributed by atoms with Crippen LogP contribution >= 0.6 is 11.6 Å². The van der Waals surface area contributed by atoms with Gasteiger partial charge in [-0.1, -0.05) is 41.9 Å². The number of oxazole rings is 1. The molecule has 0 aliphatic heterocycles. The van der Waals surface area contributed by atoms with Gasteiger partial charge in [-0.3, -0.25) is 19.9 Å². The highest BCUT2D eigenvalue weighted by molar-refractivity contribution is 6.35. The van der Waals surface area contributed by atoms with E-state index in [1.165, 1.54) is 6.07 Å². The van der Waals surface area contributed by atoms with Crippen LogP contribution in [0.15, 0.2) is 63.8 Å². The van der Waals surface area contributed by atoms with Crippen LogP contribution in [0.2, 0.25) is 5.02 Å². The summed E-state index contributed by atoms with van der Waals surface area (Å²) in [5.74, 6) is -1.01. The van der Waals surface area contributed by atoms with Crippen LogP contribution in [0, 0.1) is 18.8 Å². The summed E-state index contributed by atoms with van der Waals surface area (Å²) < 4.78 is 10.4. The van der Waals surface area contributed by atoms with Crippen molar-refractivity contribution < 1.29 is 28.6 Å². The van der Waals surface area contributed by atoms with E-state index in [9.17, 15) is 24.3 Å². The molecule has 0 bridgehead atoms. The second-order valence-electron chi connectivity index (χ2n) is 15.2. The number of aromatic nitrogens is 1. The van der Waals surface area contributed by atoms with Crippen LogP contribution in [-0.4, -0.2) is 58.5 Å². The third-order valence-electron chi connectivity index (χ3n) is 9.32. The fraction of sp³-hybridized carbons (Fsp3) is 0.450. The molecule has 6 N–H and O–H groups in total. The lowest BCUT2D eigenvalue weighted by molar-refractivity contribution is -0.119. The first kappa shape index (κ1) is 39.6. The van der Waals surface area contributed by atoms with Crippen molar-refractivity contribution in [3.8, 4) is 11.1 Å². The van der Waals surface area contributed by atoms with Gasteiger partial charge in [-0.25, -0.2) is 9.59 Å². The van der Waals surface area contributed by atoms with Gasteiger partial charge < -0.3 is 30.2 Å². The number of aliphatic hydroxyl groups is 1. The Kier molecular flexibility index (Phi) is 12.7. The van der Waals surface area contributed by atoms with Crippen molar-refractivity contribution in [1.29, 1.82) is 0 Å². The van der Waals surface area contributed by atoms with Gasteiger partial charge in [0.1, 0.15) is 11.8 Å². The van der Waals surface area contributed by atoms with Gasteiger partial charge >= 0.3 is 11.8 Å². The molecule has 13 heteroatoms. The lowest BCUT2D eigenvalue weighted by atomic mass is 9.81. The molecule has 3 aromatic carbocycles. The highest BCUT2D eigenvalue weighted by Gasteiger charge is 2.31. The molecule has 1 heterocycles. The molecule has 1 fully saturated rings. The number of hydrogen-bond acceptors (Lipinski definition) is 8. The molecule has 1 aliphatic carbocycles. The largest absolute Gasteiger partial charge is 0.444 e. The molecule has 12 nitrogen and oxygen atoms in total. The summed E-state index contributed by atoms with van der Waals surface area (Å²) in [7, 11) is 0. The van der Waals surface area contributed by atoms with Crippen molar-refractivity contribution >= 4 is 46.3 Å². The molecule has 284 valence electrons. The van der Waals surface area contributed by atoms with E-state index in [2.05, 4.69) is 26.3 Å². The van der Waals surface area contributed by atoms with Crippen LogP contribution in [-0.2, 0) is 16.0 Å². The third kappa shape index (κ3) is 10.9. The van der Waals surface area contributed by atoms with E-state index in [1.54, 1.807) is 6.07 Å². The number of carbonyl (C=O) groups is 3. The molecule has 3 amide bonds. The topological polar surface area (TPSA) is 175 Å². The fourth-order valence-corrected chi connectivity index (χ4v) is 6.93. The molecule has 2 atom stereocenters. The maximum Gasteiger partial charge on any atom is 0.417 e. The number of rotatable bonds is 12. The van der Waals surface area contributed by atoms with Crippen LogP contribution in [0.25, 0.3) is 22.2 Å². The summed E-state index contributed by atoms with van der Waals surface area (Å²) in [4.78, 5) is 52.8. The molecule has 0 radical (unpaired) electrons. The molecule has 53 heavy (non-hydrogen) atoms. The molecule has 1 aromatic heterocycles. The van der Waals surface area contributed by atoms with Gasteiger partial charge in [0.2, 0.25) is 5.91 Å². The van der Waals surface area contributed by atoms with E-state index in [4.69, 9.17) is 20.8 Å². The average molecular weight is 748 g/mol. The number of aryl methyl sites for hydroxylation is 1. The Hall–Kier alpha value is -4.65. The number of alkyl carbamates (subject to hydrolysis) is 1. The Balaban J connectivity index is 1.28. The summed E-state index contributed by atoms with van der Waals surface area (Å²) in [6.45, 7) is 11.8. The number of nitrogens with one attached hydrogen (secondary N) is 5. The predicted octanol–water partition coefficient (Wildman–Crippen LogP) is 6.68. The van der Waals surface area contributed by atoms with Crippen LogP contribution in [0.3, 0.4) is 0 Å². The van der Waals surface area contributed by atoms with Crippen molar-refractivity contribution in [1.82, 2.24) is 20.9 Å². The Labute approximate surface area is 314 Å². The monoisotopic (exact) mass is 747 g/mol. The fourth-order valence-electron chi connectivity index (χ4n) is 6.67. The number of halogens is 1. The molecule has 2 unspecified atom stereocenters. The van der Waals surface area contributed by atoms with E-state index in [-0.39, 0.29) is 40.8 Å². The Bertz CT molecular complexity index is 1970. The maximum absolute atomic E-state index is 13.9. The normalized spacial score (nSPS) is 17.3. The first-order valence-corrected chi connectivity index (χ1v) is 18.5. The van der Waals surface area contributed by atoms with E-state index in [0.717, 1.165) is 47.9 Å². The summed E-state index contributed by atoms with van der Waals surface area (Å²) in [5.41, 5.74) is 4.71. The second kappa shape index (κ2) is 17.0. The molecule has 4 aromatic rings. The molecular weight excluding hydrogens is 698 g/mol. The summed E-state index contributed by atoms with van der Waals surface area (Å²) in [5, 5.41) is 23.4. The van der Waals surface area contributed by atoms with Gasteiger partial charge in [0.05, 0.1) is 16.6 Å². The number of carbonyl (C=O) groups excluding carboxylic acids is 3. The van der Waals surface area contributed by atoms with E-state index >= 15 is 0 Å². The predicted molar refractivity (Wildman–Crippen MR) is 206 cm³/mol. The van der Waals surface area contributed by atoms with Gasteiger partial charge in [0.25, 0.3) is 5.91 Å². The number of aromatic amines is 1. The Morgan fingerprint density at radius 1 is 1.02 bits per heavy atom. The van der Waals surface area contributed by atoms with Crippen molar-refractivity contribution in [3.63, 3.8) is 0 Å². The van der Waals surface area contributed by atoms with E-state index < -0.39 is 35.6 Å². The smallest absolute Gasteiger partial charge is 0.417 e. The summed E-state index contributed by atoms with van der Waals surface area (Å²) >= 11 is 6.34. The van der Waals surface area contributed by atoms with Crippen molar-refractivity contribution in [2.24, 2.45) is 11.8 Å². The zero-order valence-corrected chi connectivity index (χ0v) is 31.9. The highest BCUT2D eigenvalue weighted by Crippen LogP contribution is 2.31. The number of fused-ring (bicyclic) bond motifs is 1. The van der Waals surface area contributed by atoms with Gasteiger partial charge in [-0.05, 0) is 132 Å². The number of ether oxygens (including phenoxy) is 1. The Morgan fingerprint density at radius 3 is 2.36 bits per heavy atom. The molecular formula is C40H50ClN5O7. The Morgan fingerprint density at radius 2 is 1.72 bits per heavy atom. The van der Waals surface area contributed by atoms with Crippen LogP contribution in [0.4, 0.5) is 10.5 Å². The van der Waals surface area contributed by atoms with Crippen LogP contribution in [0.5, 0.6) is 0 Å². The minimum atomic E-state index is -0.963. The SMILES string of the molecule is Cc1cc(C(=O)NC(C)C)ccc1-c1ccc(CC(NC(O)C2CCC(CNC(=O)OC(C)(C)C)CC2)C(=O)Nc2cc(Cl)c3oc(=O)[nH]c3c2)cc1. The number of H-pyrrole nitrogens is 1. The van der Waals surface area contributed by atoms with Gasteiger partial charge in [0, 0.05) is 23.8 Å². The minimum Gasteiger partial charge on any atom is -0.444 e. The third-order valence-corrected chi connectivity index (χ3v) is 9.60. The lowest BCUT2D eigenvalue weighted by Crippen LogP contribution is -2.50. The quantitative estimate of drug-likeness (QED) is 0.0871. The zero-order chi connectivity index (χ0) is 38.4. The molecule has 1 aliphatic rings. The van der Waals surface area contributed by atoms with Crippen molar-refractivity contribution in [2.75, 3.05) is 11.9 Å². The van der Waals surface area contributed by atoms with Gasteiger partial charge in [-0.2, -0.15) is 0 Å². The zero-order valence-electron chi connectivity index (χ0n) is 31.1. The number of amides is 3. The standard InChI is InChI=1S/C40H50ClN5O7/c1-22(2)43-36(48)28-15-16-30(23(3)17-28)26-11-7-24(8-12-26)18-33(37(49)44-29-19-31(41)34-32(20-29)46-39(51)52-34)45-35(47)27-13-9-25(10-14-27)21-42-38(50)53-40(4,5)6/h7-8,11-12,15-17,19-20,22,25,27,33,35,45,47H,9-10,13-14,18,21H2,1-6H3,(H,42,50)(H,43,48)(H,44,49)(H,46,51). The number of benzene rings is 3. The van der Waals surface area contributed by atoms with E-state index in [0.29, 0.717) is 23.3 Å².